The number of rotatable bonds is 2. The van der Waals surface area contributed by atoms with Crippen LogP contribution in [-0.4, -0.2) is 9.97 Å². The van der Waals surface area contributed by atoms with Gasteiger partial charge in [-0.2, -0.15) is 0 Å². The Morgan fingerprint density at radius 1 is 1.27 bits per heavy atom. The topological polar surface area (TPSA) is 25.8 Å². The first-order valence-corrected chi connectivity index (χ1v) is 4.17. The van der Waals surface area contributed by atoms with Gasteiger partial charge in [0, 0.05) is 12.5 Å². The normalized spacial score (nSPS) is 10.1. The van der Waals surface area contributed by atoms with Crippen LogP contribution in [0.5, 0.6) is 0 Å². The number of halogens is 2. The largest absolute Gasteiger partial charge is 0.221 e. The predicted octanol–water partition coefficient (Wildman–Crippen LogP) is 2.74. The highest BCUT2D eigenvalue weighted by Crippen LogP contribution is 2.12. The first-order valence-electron chi connectivity index (χ1n) is 3.41. The van der Waals surface area contributed by atoms with Gasteiger partial charge in [-0.05, 0) is 6.42 Å². The number of hydrogen-bond donors (Lipinski definition) is 0. The molecule has 1 aromatic heterocycles. The van der Waals surface area contributed by atoms with Crippen molar-refractivity contribution < 1.29 is 0 Å². The quantitative estimate of drug-likeness (QED) is 0.671. The summed E-state index contributed by atoms with van der Waals surface area (Å²) in [7, 11) is 0. The fourth-order valence-corrected chi connectivity index (χ4v) is 1.23. The van der Waals surface area contributed by atoms with E-state index in [1.165, 1.54) is 6.07 Å². The molecule has 0 unspecified atom stereocenters. The van der Waals surface area contributed by atoms with Gasteiger partial charge in [0.2, 0.25) is 0 Å². The SMILES string of the molecule is CCCc1nc(Cl)cc(Cl)n1. The lowest BCUT2D eigenvalue weighted by atomic mass is 10.3. The zero-order valence-corrected chi connectivity index (χ0v) is 7.65. The molecule has 0 aliphatic heterocycles. The highest BCUT2D eigenvalue weighted by atomic mass is 35.5. The van der Waals surface area contributed by atoms with E-state index in [1.54, 1.807) is 0 Å². The van der Waals surface area contributed by atoms with Crippen LogP contribution in [0.2, 0.25) is 10.3 Å². The molecule has 1 heterocycles. The minimum absolute atomic E-state index is 0.411. The van der Waals surface area contributed by atoms with E-state index in [1.807, 2.05) is 0 Å². The number of nitrogens with zero attached hydrogens (tertiary/aromatic N) is 2. The molecule has 0 radical (unpaired) electrons. The van der Waals surface area contributed by atoms with Crippen molar-refractivity contribution in [2.75, 3.05) is 0 Å². The van der Waals surface area contributed by atoms with E-state index in [9.17, 15) is 0 Å². The van der Waals surface area contributed by atoms with E-state index < -0.39 is 0 Å². The van der Waals surface area contributed by atoms with Crippen molar-refractivity contribution in [3.05, 3.63) is 22.2 Å². The Kier molecular flexibility index (Phi) is 3.09. The van der Waals surface area contributed by atoms with Crippen LogP contribution in [-0.2, 0) is 6.42 Å². The van der Waals surface area contributed by atoms with Crippen LogP contribution in [0.25, 0.3) is 0 Å². The molecule has 0 aliphatic carbocycles. The summed E-state index contributed by atoms with van der Waals surface area (Å²) in [6, 6.07) is 1.53. The second-order valence-electron chi connectivity index (χ2n) is 2.18. The van der Waals surface area contributed by atoms with E-state index >= 15 is 0 Å². The Balaban J connectivity index is 2.89. The molecule has 4 heteroatoms. The molecule has 0 fully saturated rings. The smallest absolute Gasteiger partial charge is 0.134 e. The Morgan fingerprint density at radius 2 is 1.82 bits per heavy atom. The second kappa shape index (κ2) is 3.88. The maximum absolute atomic E-state index is 5.65. The third-order valence-corrected chi connectivity index (χ3v) is 1.57. The van der Waals surface area contributed by atoms with Crippen LogP contribution in [0.3, 0.4) is 0 Å². The highest BCUT2D eigenvalue weighted by Gasteiger charge is 1.99. The first kappa shape index (κ1) is 8.75. The average Bonchev–Trinajstić information content (AvgIpc) is 1.85. The van der Waals surface area contributed by atoms with Gasteiger partial charge in [-0.25, -0.2) is 9.97 Å². The van der Waals surface area contributed by atoms with E-state index in [4.69, 9.17) is 23.2 Å². The molecule has 0 atom stereocenters. The lowest BCUT2D eigenvalue weighted by Gasteiger charge is -1.97. The second-order valence-corrected chi connectivity index (χ2v) is 2.95. The summed E-state index contributed by atoms with van der Waals surface area (Å²) in [6.07, 6.45) is 1.82. The number of aryl methyl sites for hydroxylation is 1. The lowest BCUT2D eigenvalue weighted by molar-refractivity contribution is 0.835. The molecule has 0 saturated carbocycles. The van der Waals surface area contributed by atoms with Crippen LogP contribution in [0.15, 0.2) is 6.07 Å². The number of hydrogen-bond acceptors (Lipinski definition) is 2. The lowest BCUT2D eigenvalue weighted by Crippen LogP contribution is -1.94. The van der Waals surface area contributed by atoms with Crippen LogP contribution in [0, 0.1) is 0 Å². The summed E-state index contributed by atoms with van der Waals surface area (Å²) >= 11 is 11.3. The van der Waals surface area contributed by atoms with Gasteiger partial charge in [0.25, 0.3) is 0 Å². The minimum atomic E-state index is 0.411. The van der Waals surface area contributed by atoms with Crippen molar-refractivity contribution in [3.8, 4) is 0 Å². The highest BCUT2D eigenvalue weighted by molar-refractivity contribution is 6.33. The molecule has 2 nitrogen and oxygen atoms in total. The predicted molar refractivity (Wildman–Crippen MR) is 46.0 cm³/mol. The Labute approximate surface area is 75.6 Å². The summed E-state index contributed by atoms with van der Waals surface area (Å²) < 4.78 is 0. The van der Waals surface area contributed by atoms with E-state index in [2.05, 4.69) is 16.9 Å². The molecule has 0 aliphatic rings. The molecular weight excluding hydrogens is 183 g/mol. The molecule has 0 N–H and O–H groups in total. The third-order valence-electron chi connectivity index (χ3n) is 1.18. The van der Waals surface area contributed by atoms with E-state index in [0.717, 1.165) is 12.8 Å². The van der Waals surface area contributed by atoms with Crippen molar-refractivity contribution >= 4 is 23.2 Å². The van der Waals surface area contributed by atoms with Crippen molar-refractivity contribution in [3.63, 3.8) is 0 Å². The molecule has 0 saturated heterocycles. The van der Waals surface area contributed by atoms with Gasteiger partial charge < -0.3 is 0 Å². The molecule has 0 aromatic carbocycles. The average molecular weight is 191 g/mol. The van der Waals surface area contributed by atoms with Crippen molar-refractivity contribution in [1.29, 1.82) is 0 Å². The molecule has 0 amide bonds. The maximum atomic E-state index is 5.65. The monoisotopic (exact) mass is 190 g/mol. The summed E-state index contributed by atoms with van der Waals surface area (Å²) in [5, 5.41) is 0.821. The zero-order chi connectivity index (χ0) is 8.27. The fraction of sp³-hybridized carbons (Fsp3) is 0.429. The van der Waals surface area contributed by atoms with Gasteiger partial charge in [0.1, 0.15) is 16.1 Å². The van der Waals surface area contributed by atoms with Crippen molar-refractivity contribution in [2.45, 2.75) is 19.8 Å². The van der Waals surface area contributed by atoms with Crippen LogP contribution >= 0.6 is 23.2 Å². The molecule has 11 heavy (non-hydrogen) atoms. The minimum Gasteiger partial charge on any atom is -0.221 e. The van der Waals surface area contributed by atoms with Gasteiger partial charge in [0.05, 0.1) is 0 Å². The fourth-order valence-electron chi connectivity index (χ4n) is 0.770. The molecule has 60 valence electrons. The molecule has 1 aromatic rings. The summed E-state index contributed by atoms with van der Waals surface area (Å²) in [5.41, 5.74) is 0. The van der Waals surface area contributed by atoms with Gasteiger partial charge in [-0.3, -0.25) is 0 Å². The summed E-state index contributed by atoms with van der Waals surface area (Å²) in [5.74, 6) is 0.713. The van der Waals surface area contributed by atoms with Gasteiger partial charge in [-0.1, -0.05) is 30.1 Å². The van der Waals surface area contributed by atoms with Gasteiger partial charge >= 0.3 is 0 Å². The van der Waals surface area contributed by atoms with Crippen molar-refractivity contribution in [2.24, 2.45) is 0 Å². The standard InChI is InChI=1S/C7H8Cl2N2/c1-2-3-7-10-5(8)4-6(9)11-7/h4H,2-3H2,1H3. The number of aromatic nitrogens is 2. The molecular formula is C7H8Cl2N2. The maximum Gasteiger partial charge on any atom is 0.134 e. The Morgan fingerprint density at radius 3 is 2.27 bits per heavy atom. The third kappa shape index (κ3) is 2.64. The van der Waals surface area contributed by atoms with Crippen LogP contribution in [0.4, 0.5) is 0 Å². The first-order chi connectivity index (χ1) is 5.22. The van der Waals surface area contributed by atoms with Gasteiger partial charge in [0.15, 0.2) is 0 Å². The van der Waals surface area contributed by atoms with Crippen molar-refractivity contribution in [1.82, 2.24) is 9.97 Å². The Bertz CT molecular complexity index is 230. The van der Waals surface area contributed by atoms with Crippen LogP contribution < -0.4 is 0 Å². The molecule has 1 rings (SSSR count). The van der Waals surface area contributed by atoms with E-state index in [0.29, 0.717) is 16.1 Å². The molecule has 0 bridgehead atoms. The zero-order valence-electron chi connectivity index (χ0n) is 6.14. The van der Waals surface area contributed by atoms with E-state index in [-0.39, 0.29) is 0 Å². The Hall–Kier alpha value is -0.340. The molecule has 0 spiro atoms. The summed E-state index contributed by atoms with van der Waals surface area (Å²) in [4.78, 5) is 7.99. The van der Waals surface area contributed by atoms with Crippen LogP contribution in [0.1, 0.15) is 19.2 Å². The summed E-state index contributed by atoms with van der Waals surface area (Å²) in [6.45, 7) is 2.05. The van der Waals surface area contributed by atoms with Gasteiger partial charge in [-0.15, -0.1) is 0 Å².